The van der Waals surface area contributed by atoms with Crippen molar-refractivity contribution in [3.63, 3.8) is 0 Å². The maximum Gasteiger partial charge on any atom is 0.417 e. The first-order chi connectivity index (χ1) is 18.0. The number of methoxy groups -OCH3 is 1. The van der Waals surface area contributed by atoms with Gasteiger partial charge in [0.05, 0.1) is 44.6 Å². The molecule has 0 bridgehead atoms. The molecule has 0 saturated heterocycles. The van der Waals surface area contributed by atoms with Gasteiger partial charge >= 0.3 is 6.18 Å². The van der Waals surface area contributed by atoms with Crippen molar-refractivity contribution in [2.24, 2.45) is 5.41 Å². The second kappa shape index (κ2) is 11.4. The summed E-state index contributed by atoms with van der Waals surface area (Å²) in [7, 11) is -3.28. The lowest BCUT2D eigenvalue weighted by atomic mass is 9.93. The van der Waals surface area contributed by atoms with Gasteiger partial charge in [0, 0.05) is 17.3 Å². The van der Waals surface area contributed by atoms with Gasteiger partial charge in [-0.15, -0.1) is 0 Å². The molecular weight excluding hydrogens is 582 g/mol. The Morgan fingerprint density at radius 2 is 1.69 bits per heavy atom. The van der Waals surface area contributed by atoms with Crippen LogP contribution in [0.5, 0.6) is 5.75 Å². The highest BCUT2D eigenvalue weighted by atomic mass is 35.5. The van der Waals surface area contributed by atoms with Crippen LogP contribution in [0.2, 0.25) is 10.0 Å². The molecule has 1 aromatic heterocycles. The number of rotatable bonds is 8. The zero-order valence-electron chi connectivity index (χ0n) is 21.1. The largest absolute Gasteiger partial charge is 0.496 e. The van der Waals surface area contributed by atoms with Crippen molar-refractivity contribution in [1.82, 2.24) is 4.98 Å². The Morgan fingerprint density at radius 1 is 1.03 bits per heavy atom. The monoisotopic (exact) mass is 607 g/mol. The van der Waals surface area contributed by atoms with E-state index in [0.717, 1.165) is 24.4 Å². The van der Waals surface area contributed by atoms with Gasteiger partial charge in [0.1, 0.15) is 18.1 Å². The van der Waals surface area contributed by atoms with Gasteiger partial charge in [-0.3, -0.25) is 9.71 Å². The number of sulfonamides is 1. The van der Waals surface area contributed by atoms with E-state index in [-0.39, 0.29) is 33.4 Å². The molecular formula is C25H26Cl2F3N3O5S. The molecule has 39 heavy (non-hydrogen) atoms. The van der Waals surface area contributed by atoms with E-state index in [1.165, 1.54) is 7.11 Å². The van der Waals surface area contributed by atoms with Gasteiger partial charge in [-0.1, -0.05) is 50.0 Å². The Hall–Kier alpha value is -2.77. The number of ether oxygens (including phenoxy) is 1. The topological polar surface area (TPSA) is 121 Å². The second-order valence-electron chi connectivity index (χ2n) is 9.57. The second-order valence-corrected chi connectivity index (χ2v) is 12.1. The van der Waals surface area contributed by atoms with Gasteiger partial charge in [0.15, 0.2) is 0 Å². The van der Waals surface area contributed by atoms with Crippen molar-refractivity contribution in [3.05, 3.63) is 75.5 Å². The van der Waals surface area contributed by atoms with Crippen molar-refractivity contribution in [2.75, 3.05) is 17.1 Å². The average molecular weight is 608 g/mol. The minimum atomic E-state index is -4.90. The fourth-order valence-electron chi connectivity index (χ4n) is 3.47. The number of halogens is 5. The normalized spacial score (nSPS) is 14.0. The van der Waals surface area contributed by atoms with Crippen LogP contribution in [0, 0.1) is 5.41 Å². The van der Waals surface area contributed by atoms with E-state index >= 15 is 0 Å². The number of hydrogen-bond donors (Lipinski definition) is 4. The fourth-order valence-corrected chi connectivity index (χ4v) is 4.95. The van der Waals surface area contributed by atoms with E-state index in [4.69, 9.17) is 27.9 Å². The summed E-state index contributed by atoms with van der Waals surface area (Å²) in [6.07, 6.45) is -6.43. The Morgan fingerprint density at radius 3 is 2.28 bits per heavy atom. The van der Waals surface area contributed by atoms with E-state index in [9.17, 15) is 31.8 Å². The molecule has 0 spiro atoms. The Bertz CT molecular complexity index is 1460. The van der Waals surface area contributed by atoms with E-state index < -0.39 is 49.4 Å². The number of alkyl halides is 3. The van der Waals surface area contributed by atoms with Crippen molar-refractivity contribution in [1.29, 1.82) is 0 Å². The van der Waals surface area contributed by atoms with Gasteiger partial charge in [-0.05, 0) is 36.4 Å². The number of aromatic nitrogens is 1. The zero-order valence-corrected chi connectivity index (χ0v) is 23.5. The number of hydrogen-bond acceptors (Lipinski definition) is 7. The highest BCUT2D eigenvalue weighted by Gasteiger charge is 2.35. The molecule has 0 saturated carbocycles. The lowest BCUT2D eigenvalue weighted by Gasteiger charge is -2.29. The lowest BCUT2D eigenvalue weighted by Crippen LogP contribution is -2.34. The summed E-state index contributed by atoms with van der Waals surface area (Å²) in [5, 5.41) is 24.2. The molecule has 4 N–H and O–H groups in total. The zero-order chi connectivity index (χ0) is 29.3. The van der Waals surface area contributed by atoms with Crippen LogP contribution in [0.3, 0.4) is 0 Å². The Balaban J connectivity index is 2.10. The number of aliphatic hydroxyl groups excluding tert-OH is 2. The standard InChI is InChI=1S/C25H26Cl2F3N3O5S/c1-24(2,3)23(35)32-17-6-5-7-19(38-4)20(17)22(34)21-18(10-13(26)12-31-21)33-39(36,37)14-8-9-16(27)15(11-14)25(28,29)30/h5-12,22-23,32-35H,1-4H3. The number of benzene rings is 2. The number of aliphatic hydroxyl groups is 2. The smallest absolute Gasteiger partial charge is 0.417 e. The number of nitrogens with one attached hydrogen (secondary N) is 2. The van der Waals surface area contributed by atoms with Gasteiger partial charge < -0.3 is 20.3 Å². The molecule has 0 amide bonds. The first-order valence-electron chi connectivity index (χ1n) is 11.3. The van der Waals surface area contributed by atoms with Crippen LogP contribution in [0.4, 0.5) is 24.5 Å². The number of anilines is 2. The third kappa shape index (κ3) is 7.06. The highest BCUT2D eigenvalue weighted by molar-refractivity contribution is 7.92. The molecule has 1 heterocycles. The molecule has 2 unspecified atom stereocenters. The minimum Gasteiger partial charge on any atom is -0.496 e. The van der Waals surface area contributed by atoms with Crippen LogP contribution in [0.25, 0.3) is 0 Å². The molecule has 0 fully saturated rings. The van der Waals surface area contributed by atoms with E-state index in [1.54, 1.807) is 39.0 Å². The summed E-state index contributed by atoms with van der Waals surface area (Å²) in [5.41, 5.74) is -2.08. The quantitative estimate of drug-likeness (QED) is 0.229. The Labute approximate surface area is 233 Å². The van der Waals surface area contributed by atoms with Crippen LogP contribution in [0.1, 0.15) is 43.7 Å². The molecule has 0 radical (unpaired) electrons. The number of pyridine rings is 1. The molecule has 0 aliphatic rings. The van der Waals surface area contributed by atoms with Crippen LogP contribution in [-0.4, -0.2) is 37.0 Å². The maximum absolute atomic E-state index is 13.3. The third-order valence-electron chi connectivity index (χ3n) is 5.61. The SMILES string of the molecule is COc1cccc(NC(O)C(C)(C)C)c1C(O)c1ncc(Cl)cc1NS(=O)(=O)c1ccc(Cl)c(C(F)(F)F)c1. The minimum absolute atomic E-state index is 0.0164. The average Bonchev–Trinajstić information content (AvgIpc) is 2.82. The van der Waals surface area contributed by atoms with Crippen LogP contribution in [-0.2, 0) is 16.2 Å². The highest BCUT2D eigenvalue weighted by Crippen LogP contribution is 2.40. The molecule has 2 aromatic carbocycles. The molecule has 8 nitrogen and oxygen atoms in total. The van der Waals surface area contributed by atoms with E-state index in [0.29, 0.717) is 6.07 Å². The first-order valence-corrected chi connectivity index (χ1v) is 13.5. The fraction of sp³-hybridized carbons (Fsp3) is 0.320. The van der Waals surface area contributed by atoms with Gasteiger partial charge in [-0.25, -0.2) is 8.42 Å². The molecule has 3 aromatic rings. The van der Waals surface area contributed by atoms with Crippen molar-refractivity contribution < 1.29 is 36.5 Å². The van der Waals surface area contributed by atoms with Crippen LogP contribution < -0.4 is 14.8 Å². The van der Waals surface area contributed by atoms with E-state index in [2.05, 4.69) is 15.0 Å². The molecule has 14 heteroatoms. The summed E-state index contributed by atoms with van der Waals surface area (Å²) < 4.78 is 73.8. The summed E-state index contributed by atoms with van der Waals surface area (Å²) in [5.74, 6) is 0.187. The van der Waals surface area contributed by atoms with Crippen LogP contribution in [0.15, 0.2) is 53.6 Å². The maximum atomic E-state index is 13.3. The van der Waals surface area contributed by atoms with Crippen LogP contribution >= 0.6 is 23.2 Å². The van der Waals surface area contributed by atoms with E-state index in [1.807, 2.05) is 0 Å². The molecule has 212 valence electrons. The Kier molecular flexibility index (Phi) is 8.98. The lowest BCUT2D eigenvalue weighted by molar-refractivity contribution is -0.137. The van der Waals surface area contributed by atoms with Crippen molar-refractivity contribution in [2.45, 2.75) is 44.2 Å². The predicted molar refractivity (Wildman–Crippen MR) is 143 cm³/mol. The predicted octanol–water partition coefficient (Wildman–Crippen LogP) is 6.07. The van der Waals surface area contributed by atoms with Crippen molar-refractivity contribution in [3.8, 4) is 5.75 Å². The number of nitrogens with zero attached hydrogens (tertiary/aromatic N) is 1. The third-order valence-corrected chi connectivity index (χ3v) is 7.51. The first kappa shape index (κ1) is 30.8. The summed E-state index contributed by atoms with van der Waals surface area (Å²) >= 11 is 11.7. The molecule has 2 atom stereocenters. The van der Waals surface area contributed by atoms with Gasteiger partial charge in [-0.2, -0.15) is 13.2 Å². The van der Waals surface area contributed by atoms with Gasteiger partial charge in [0.2, 0.25) is 0 Å². The molecule has 0 aliphatic carbocycles. The summed E-state index contributed by atoms with van der Waals surface area (Å²) in [6.45, 7) is 5.36. The summed E-state index contributed by atoms with van der Waals surface area (Å²) in [6, 6.07) is 8.00. The molecule has 0 aliphatic heterocycles. The molecule has 3 rings (SSSR count). The summed E-state index contributed by atoms with van der Waals surface area (Å²) in [4.78, 5) is 3.36. The van der Waals surface area contributed by atoms with Gasteiger partial charge in [0.25, 0.3) is 10.0 Å². The van der Waals surface area contributed by atoms with Crippen molar-refractivity contribution >= 4 is 44.6 Å².